The Bertz CT molecular complexity index is 444. The van der Waals surface area contributed by atoms with E-state index in [9.17, 15) is 4.79 Å². The van der Waals surface area contributed by atoms with E-state index >= 15 is 0 Å². The number of carbonyl (C=O) groups is 1. The third-order valence-corrected chi connectivity index (χ3v) is 5.18. The zero-order valence-corrected chi connectivity index (χ0v) is 18.7. The standard InChI is InChI=1S/C17H36N4O6Si/c1-21(17(22)27-15-16-28(2,3)4)6-8-24-10-12-26-14-13-25-11-9-23-7-5-19-20-18/h5-16H2,1-4H3. The van der Waals surface area contributed by atoms with Crippen LogP contribution in [0.2, 0.25) is 25.7 Å². The summed E-state index contributed by atoms with van der Waals surface area (Å²) >= 11 is 0. The maximum atomic E-state index is 11.8. The maximum Gasteiger partial charge on any atom is 0.409 e. The van der Waals surface area contributed by atoms with Crippen LogP contribution in [-0.4, -0.2) is 98.7 Å². The minimum atomic E-state index is -1.19. The number of amides is 1. The first-order valence-corrected chi connectivity index (χ1v) is 13.3. The van der Waals surface area contributed by atoms with Crippen molar-refractivity contribution in [3.63, 3.8) is 0 Å². The van der Waals surface area contributed by atoms with Gasteiger partial charge in [-0.3, -0.25) is 0 Å². The Morgan fingerprint density at radius 1 is 0.893 bits per heavy atom. The first-order chi connectivity index (χ1) is 13.4. The Hall–Kier alpha value is -1.36. The van der Waals surface area contributed by atoms with Crippen molar-refractivity contribution in [3.8, 4) is 0 Å². The molecule has 0 aromatic rings. The van der Waals surface area contributed by atoms with Crippen LogP contribution in [0.3, 0.4) is 0 Å². The topological polar surface area (TPSA) is 115 Å². The molecule has 0 rings (SSSR count). The van der Waals surface area contributed by atoms with Crippen molar-refractivity contribution in [3.05, 3.63) is 10.4 Å². The normalized spacial score (nSPS) is 11.1. The number of carbonyl (C=O) groups excluding carboxylic acids is 1. The second-order valence-electron chi connectivity index (χ2n) is 7.25. The Kier molecular flexibility index (Phi) is 16.9. The number of ether oxygens (including phenoxy) is 5. The quantitative estimate of drug-likeness (QED) is 0.111. The third kappa shape index (κ3) is 19.4. The van der Waals surface area contributed by atoms with E-state index in [1.165, 1.54) is 4.90 Å². The van der Waals surface area contributed by atoms with Gasteiger partial charge in [0.2, 0.25) is 0 Å². The second-order valence-corrected chi connectivity index (χ2v) is 12.9. The molecule has 10 nitrogen and oxygen atoms in total. The van der Waals surface area contributed by atoms with Crippen molar-refractivity contribution >= 4 is 14.2 Å². The van der Waals surface area contributed by atoms with Gasteiger partial charge in [0.15, 0.2) is 0 Å². The minimum absolute atomic E-state index is 0.308. The third-order valence-electron chi connectivity index (χ3n) is 3.48. The summed E-state index contributed by atoms with van der Waals surface area (Å²) in [5, 5.41) is 3.36. The molecule has 0 aliphatic carbocycles. The van der Waals surface area contributed by atoms with Gasteiger partial charge >= 0.3 is 6.09 Å². The van der Waals surface area contributed by atoms with Gasteiger partial charge in [-0.05, 0) is 11.6 Å². The molecule has 1 amide bonds. The molecule has 0 bridgehead atoms. The molecule has 0 radical (unpaired) electrons. The molecular formula is C17H36N4O6Si. The van der Waals surface area contributed by atoms with Gasteiger partial charge in [0.05, 0.1) is 59.5 Å². The summed E-state index contributed by atoms with van der Waals surface area (Å²) in [7, 11) is 0.517. The smallest absolute Gasteiger partial charge is 0.409 e. The van der Waals surface area contributed by atoms with Crippen LogP contribution in [0.4, 0.5) is 4.79 Å². The van der Waals surface area contributed by atoms with Crippen LogP contribution >= 0.6 is 0 Å². The molecular weight excluding hydrogens is 384 g/mol. The van der Waals surface area contributed by atoms with E-state index in [4.69, 9.17) is 29.2 Å². The number of likely N-dealkylation sites (N-methyl/N-ethyl adjacent to an activating group) is 1. The molecule has 0 spiro atoms. The van der Waals surface area contributed by atoms with Gasteiger partial charge in [0, 0.05) is 33.1 Å². The van der Waals surface area contributed by atoms with Crippen LogP contribution in [0.25, 0.3) is 10.4 Å². The highest BCUT2D eigenvalue weighted by molar-refractivity contribution is 6.76. The van der Waals surface area contributed by atoms with Crippen molar-refractivity contribution in [2.24, 2.45) is 5.11 Å². The SMILES string of the molecule is CN(CCOCCOCCOCCOCCN=[N+]=[N-])C(=O)OCC[Si](C)(C)C. The predicted molar refractivity (Wildman–Crippen MR) is 109 cm³/mol. The number of rotatable bonds is 18. The van der Waals surface area contributed by atoms with E-state index in [1.54, 1.807) is 7.05 Å². The monoisotopic (exact) mass is 420 g/mol. The molecule has 0 aliphatic heterocycles. The molecule has 0 aliphatic rings. The van der Waals surface area contributed by atoms with Crippen LogP contribution in [0.5, 0.6) is 0 Å². The van der Waals surface area contributed by atoms with Crippen molar-refractivity contribution in [1.82, 2.24) is 4.90 Å². The molecule has 0 aromatic heterocycles. The second kappa shape index (κ2) is 17.7. The number of hydrogen-bond acceptors (Lipinski definition) is 7. The van der Waals surface area contributed by atoms with E-state index in [0.29, 0.717) is 72.6 Å². The number of nitrogens with zero attached hydrogens (tertiary/aromatic N) is 4. The predicted octanol–water partition coefficient (Wildman–Crippen LogP) is 2.77. The first kappa shape index (κ1) is 26.6. The molecule has 0 saturated carbocycles. The lowest BCUT2D eigenvalue weighted by Crippen LogP contribution is -2.32. The fourth-order valence-corrected chi connectivity index (χ4v) is 2.47. The van der Waals surface area contributed by atoms with Gasteiger partial charge in [0.25, 0.3) is 0 Å². The fraction of sp³-hybridized carbons (Fsp3) is 0.941. The lowest BCUT2D eigenvalue weighted by atomic mass is 10.6. The van der Waals surface area contributed by atoms with Crippen LogP contribution in [0.1, 0.15) is 0 Å². The van der Waals surface area contributed by atoms with Gasteiger partial charge in [-0.1, -0.05) is 24.8 Å². The molecule has 0 aromatic carbocycles. The van der Waals surface area contributed by atoms with Gasteiger partial charge < -0.3 is 28.6 Å². The van der Waals surface area contributed by atoms with E-state index in [0.717, 1.165) is 6.04 Å². The molecule has 0 unspecified atom stereocenters. The summed E-state index contributed by atoms with van der Waals surface area (Å²) in [6.45, 7) is 11.7. The first-order valence-electron chi connectivity index (χ1n) is 9.56. The van der Waals surface area contributed by atoms with E-state index in [1.807, 2.05) is 0 Å². The number of hydrogen-bond donors (Lipinski definition) is 0. The average molecular weight is 421 g/mol. The zero-order valence-electron chi connectivity index (χ0n) is 17.7. The van der Waals surface area contributed by atoms with Gasteiger partial charge in [0.1, 0.15) is 0 Å². The van der Waals surface area contributed by atoms with Crippen molar-refractivity contribution in [2.45, 2.75) is 25.7 Å². The van der Waals surface area contributed by atoms with Gasteiger partial charge in [-0.15, -0.1) is 0 Å². The lowest BCUT2D eigenvalue weighted by molar-refractivity contribution is -0.00264. The number of azide groups is 1. The summed E-state index contributed by atoms with van der Waals surface area (Å²) in [6.07, 6.45) is -0.308. The molecule has 0 atom stereocenters. The largest absolute Gasteiger partial charge is 0.450 e. The Morgan fingerprint density at radius 3 is 1.89 bits per heavy atom. The maximum absolute atomic E-state index is 11.8. The molecule has 0 saturated heterocycles. The van der Waals surface area contributed by atoms with Crippen molar-refractivity contribution in [1.29, 1.82) is 0 Å². The highest BCUT2D eigenvalue weighted by Gasteiger charge is 2.15. The minimum Gasteiger partial charge on any atom is -0.450 e. The van der Waals surface area contributed by atoms with Gasteiger partial charge in [-0.25, -0.2) is 4.79 Å². The van der Waals surface area contributed by atoms with Crippen molar-refractivity contribution in [2.75, 3.05) is 79.6 Å². The molecule has 0 heterocycles. The summed E-state index contributed by atoms with van der Waals surface area (Å²) < 4.78 is 26.6. The fourth-order valence-electron chi connectivity index (χ4n) is 1.76. The Balaban J connectivity index is 3.34. The molecule has 0 N–H and O–H groups in total. The van der Waals surface area contributed by atoms with Crippen molar-refractivity contribution < 1.29 is 28.5 Å². The Morgan fingerprint density at radius 2 is 1.39 bits per heavy atom. The van der Waals surface area contributed by atoms with Crippen LogP contribution in [0.15, 0.2) is 5.11 Å². The summed E-state index contributed by atoms with van der Waals surface area (Å²) in [5.41, 5.74) is 8.09. The van der Waals surface area contributed by atoms with E-state index in [2.05, 4.69) is 29.7 Å². The molecule has 0 fully saturated rings. The van der Waals surface area contributed by atoms with Gasteiger partial charge in [-0.2, -0.15) is 0 Å². The lowest BCUT2D eigenvalue weighted by Gasteiger charge is -2.19. The summed E-state index contributed by atoms with van der Waals surface area (Å²) in [5.74, 6) is 0. The van der Waals surface area contributed by atoms with E-state index < -0.39 is 8.07 Å². The highest BCUT2D eigenvalue weighted by atomic mass is 28.3. The summed E-state index contributed by atoms with van der Waals surface area (Å²) in [6, 6.07) is 0.967. The zero-order chi connectivity index (χ0) is 21.1. The average Bonchev–Trinajstić information content (AvgIpc) is 2.63. The molecule has 28 heavy (non-hydrogen) atoms. The molecule has 164 valence electrons. The van der Waals surface area contributed by atoms with Crippen LogP contribution in [-0.2, 0) is 23.7 Å². The summed E-state index contributed by atoms with van der Waals surface area (Å²) in [4.78, 5) is 16.0. The van der Waals surface area contributed by atoms with Crippen LogP contribution in [0, 0.1) is 0 Å². The molecule has 11 heteroatoms. The van der Waals surface area contributed by atoms with E-state index in [-0.39, 0.29) is 6.09 Å². The Labute approximate surface area is 169 Å². The van der Waals surface area contributed by atoms with Crippen LogP contribution < -0.4 is 0 Å². The highest BCUT2D eigenvalue weighted by Crippen LogP contribution is 2.08.